The third-order valence-corrected chi connectivity index (χ3v) is 2.89. The van der Waals surface area contributed by atoms with E-state index in [1.807, 2.05) is 19.1 Å². The molecule has 1 aromatic rings. The monoisotopic (exact) mass is 270 g/mol. The zero-order valence-electron chi connectivity index (χ0n) is 8.20. The Bertz CT molecular complexity index is 411. The van der Waals surface area contributed by atoms with E-state index in [9.17, 15) is 9.90 Å². The van der Waals surface area contributed by atoms with Crippen LogP contribution in [0.5, 0.6) is 5.75 Å². The molecule has 2 N–H and O–H groups in total. The Morgan fingerprint density at radius 3 is 2.73 bits per heavy atom. The number of phenols is 1. The molecular formula is C11H11BrO3. The fraction of sp³-hybridized carbons (Fsp3) is 0.182. The number of hydrogen-bond donors (Lipinski definition) is 2. The molecule has 0 heterocycles. The van der Waals surface area contributed by atoms with Gasteiger partial charge in [-0.2, -0.15) is 0 Å². The van der Waals surface area contributed by atoms with E-state index in [-0.39, 0.29) is 11.3 Å². The second-order valence-corrected chi connectivity index (χ2v) is 3.80. The standard InChI is InChI=1S/C11H11BrO3/c1-2-3-4-7-5-6-8(13)9(10(7)12)11(14)15/h2-3,5-6,13H,4H2,1H3,(H,14,15). The van der Waals surface area contributed by atoms with Crippen LogP contribution in [-0.2, 0) is 6.42 Å². The minimum absolute atomic E-state index is 0.0861. The maximum Gasteiger partial charge on any atom is 0.340 e. The van der Waals surface area contributed by atoms with Gasteiger partial charge in [-0.3, -0.25) is 0 Å². The Labute approximate surface area is 96.2 Å². The Morgan fingerprint density at radius 2 is 2.20 bits per heavy atom. The van der Waals surface area contributed by atoms with Gasteiger partial charge in [-0.05, 0) is 40.9 Å². The third kappa shape index (κ3) is 2.59. The number of carbonyl (C=O) groups is 1. The van der Waals surface area contributed by atoms with Crippen molar-refractivity contribution in [1.29, 1.82) is 0 Å². The average Bonchev–Trinajstić information content (AvgIpc) is 2.16. The SMILES string of the molecule is CC=CCc1ccc(O)c(C(=O)O)c1Br. The molecule has 0 bridgehead atoms. The van der Waals surface area contributed by atoms with Gasteiger partial charge in [0.25, 0.3) is 0 Å². The van der Waals surface area contributed by atoms with Crippen molar-refractivity contribution in [3.63, 3.8) is 0 Å². The summed E-state index contributed by atoms with van der Waals surface area (Å²) >= 11 is 3.19. The van der Waals surface area contributed by atoms with Crippen LogP contribution in [0.3, 0.4) is 0 Å². The minimum atomic E-state index is -1.14. The van der Waals surface area contributed by atoms with Crippen LogP contribution < -0.4 is 0 Å². The van der Waals surface area contributed by atoms with Crippen molar-refractivity contribution in [1.82, 2.24) is 0 Å². The van der Waals surface area contributed by atoms with Gasteiger partial charge in [-0.25, -0.2) is 4.79 Å². The van der Waals surface area contributed by atoms with Crippen molar-refractivity contribution >= 4 is 21.9 Å². The molecule has 0 saturated carbocycles. The normalized spacial score (nSPS) is 10.8. The topological polar surface area (TPSA) is 57.5 Å². The summed E-state index contributed by atoms with van der Waals surface area (Å²) in [5.74, 6) is -1.36. The highest BCUT2D eigenvalue weighted by molar-refractivity contribution is 9.10. The Morgan fingerprint density at radius 1 is 1.53 bits per heavy atom. The summed E-state index contributed by atoms with van der Waals surface area (Å²) in [6.07, 6.45) is 4.44. The molecule has 4 heteroatoms. The van der Waals surface area contributed by atoms with Crippen molar-refractivity contribution in [2.75, 3.05) is 0 Å². The maximum absolute atomic E-state index is 10.9. The lowest BCUT2D eigenvalue weighted by molar-refractivity contribution is 0.0692. The van der Waals surface area contributed by atoms with Crippen LogP contribution in [0.25, 0.3) is 0 Å². The predicted molar refractivity (Wildman–Crippen MR) is 61.3 cm³/mol. The van der Waals surface area contributed by atoms with E-state index in [0.717, 1.165) is 5.56 Å². The van der Waals surface area contributed by atoms with Gasteiger partial charge in [-0.15, -0.1) is 0 Å². The fourth-order valence-corrected chi connectivity index (χ4v) is 1.88. The lowest BCUT2D eigenvalue weighted by atomic mass is 10.1. The van der Waals surface area contributed by atoms with Crippen molar-refractivity contribution in [3.8, 4) is 5.75 Å². The van der Waals surface area contributed by atoms with Crippen LogP contribution in [0, 0.1) is 0 Å². The number of hydrogen-bond acceptors (Lipinski definition) is 2. The highest BCUT2D eigenvalue weighted by Gasteiger charge is 2.16. The van der Waals surface area contributed by atoms with Gasteiger partial charge in [0.15, 0.2) is 0 Å². The van der Waals surface area contributed by atoms with E-state index in [2.05, 4.69) is 15.9 Å². The molecule has 0 spiro atoms. The van der Waals surface area contributed by atoms with E-state index < -0.39 is 5.97 Å². The van der Waals surface area contributed by atoms with E-state index in [1.54, 1.807) is 6.07 Å². The van der Waals surface area contributed by atoms with Crippen LogP contribution in [0.4, 0.5) is 0 Å². The summed E-state index contributed by atoms with van der Waals surface area (Å²) in [6, 6.07) is 3.10. The zero-order valence-corrected chi connectivity index (χ0v) is 9.78. The summed E-state index contributed by atoms with van der Waals surface area (Å²) in [7, 11) is 0. The van der Waals surface area contributed by atoms with Crippen molar-refractivity contribution in [3.05, 3.63) is 39.9 Å². The van der Waals surface area contributed by atoms with E-state index in [1.165, 1.54) is 6.07 Å². The molecule has 3 nitrogen and oxygen atoms in total. The molecule has 1 rings (SSSR count). The third-order valence-electron chi connectivity index (χ3n) is 1.99. The number of rotatable bonds is 3. The largest absolute Gasteiger partial charge is 0.507 e. The van der Waals surface area contributed by atoms with Crippen LogP contribution in [0.2, 0.25) is 0 Å². The van der Waals surface area contributed by atoms with Crippen LogP contribution >= 0.6 is 15.9 Å². The Kier molecular flexibility index (Phi) is 3.91. The maximum atomic E-state index is 10.9. The molecule has 0 saturated heterocycles. The number of aromatic hydroxyl groups is 1. The summed E-state index contributed by atoms with van der Waals surface area (Å²) in [6.45, 7) is 1.90. The predicted octanol–water partition coefficient (Wildman–Crippen LogP) is 2.97. The number of benzene rings is 1. The van der Waals surface area contributed by atoms with E-state index in [0.29, 0.717) is 10.9 Å². The zero-order chi connectivity index (χ0) is 11.4. The molecule has 0 aliphatic rings. The van der Waals surface area contributed by atoms with Crippen molar-refractivity contribution in [2.45, 2.75) is 13.3 Å². The van der Waals surface area contributed by atoms with Gasteiger partial charge in [0.05, 0.1) is 0 Å². The van der Waals surface area contributed by atoms with Crippen LogP contribution in [-0.4, -0.2) is 16.2 Å². The molecule has 0 radical (unpaired) electrons. The highest BCUT2D eigenvalue weighted by atomic mass is 79.9. The lowest BCUT2D eigenvalue weighted by Gasteiger charge is -2.07. The molecule has 15 heavy (non-hydrogen) atoms. The highest BCUT2D eigenvalue weighted by Crippen LogP contribution is 2.29. The molecule has 0 fully saturated rings. The second-order valence-electron chi connectivity index (χ2n) is 3.01. The number of carboxylic acids is 1. The molecule has 0 amide bonds. The van der Waals surface area contributed by atoms with Gasteiger partial charge >= 0.3 is 5.97 Å². The van der Waals surface area contributed by atoms with Crippen LogP contribution in [0.15, 0.2) is 28.8 Å². The minimum Gasteiger partial charge on any atom is -0.507 e. The first kappa shape index (κ1) is 11.8. The van der Waals surface area contributed by atoms with Gasteiger partial charge in [0, 0.05) is 4.47 Å². The van der Waals surface area contributed by atoms with Gasteiger partial charge in [0.2, 0.25) is 0 Å². The van der Waals surface area contributed by atoms with Gasteiger partial charge in [0.1, 0.15) is 11.3 Å². The first-order valence-electron chi connectivity index (χ1n) is 4.42. The van der Waals surface area contributed by atoms with Crippen LogP contribution in [0.1, 0.15) is 22.8 Å². The molecule has 0 atom stereocenters. The molecular weight excluding hydrogens is 260 g/mol. The first-order valence-corrected chi connectivity index (χ1v) is 5.22. The van der Waals surface area contributed by atoms with Crippen molar-refractivity contribution < 1.29 is 15.0 Å². The molecule has 0 unspecified atom stereocenters. The van der Waals surface area contributed by atoms with E-state index >= 15 is 0 Å². The average molecular weight is 271 g/mol. The quantitative estimate of drug-likeness (QED) is 0.831. The van der Waals surface area contributed by atoms with Gasteiger partial charge < -0.3 is 10.2 Å². The molecule has 80 valence electrons. The number of halogens is 1. The number of aromatic carboxylic acids is 1. The second kappa shape index (κ2) is 4.98. The Hall–Kier alpha value is -1.29. The summed E-state index contributed by atoms with van der Waals surface area (Å²) in [5, 5.41) is 18.3. The van der Waals surface area contributed by atoms with Crippen molar-refractivity contribution in [2.24, 2.45) is 0 Å². The number of carboxylic acid groups (broad SMARTS) is 1. The molecule has 0 aromatic heterocycles. The van der Waals surface area contributed by atoms with E-state index in [4.69, 9.17) is 5.11 Å². The molecule has 1 aromatic carbocycles. The lowest BCUT2D eigenvalue weighted by Crippen LogP contribution is -2.00. The first-order chi connectivity index (χ1) is 7.07. The summed E-state index contributed by atoms with van der Waals surface area (Å²) in [4.78, 5) is 10.9. The van der Waals surface area contributed by atoms with Gasteiger partial charge in [-0.1, -0.05) is 18.2 Å². The molecule has 0 aliphatic carbocycles. The smallest absolute Gasteiger partial charge is 0.340 e. The summed E-state index contributed by atoms with van der Waals surface area (Å²) < 4.78 is 0.438. The molecule has 0 aliphatic heterocycles. The Balaban J connectivity index is 3.22. The number of allylic oxidation sites excluding steroid dienone is 2. The summed E-state index contributed by atoms with van der Waals surface area (Å²) in [5.41, 5.74) is 0.750. The fourth-order valence-electron chi connectivity index (χ4n) is 1.21.